The van der Waals surface area contributed by atoms with Crippen LogP contribution in [0.4, 0.5) is 35.9 Å². The minimum Gasteiger partial charge on any atom is -0.447 e. The summed E-state index contributed by atoms with van der Waals surface area (Å²) in [6.07, 6.45) is -13.5. The standard InChI is InChI=1S/C37H38F6N2O6/c1-34(2,3)51-32(47)44-16-14-35(15-17-44,26-12-8-5-9-13-26)23-50-30(25-19-27(36(38,39)40)21-28(20-25)37(41,42)43)31(46)45-29(22-49-33(45)48)18-24-10-6-4-7-11-24/h4-13,19-21,29-30H,14-18,22-23H2,1-3H3/t29-,30+/m0/s1. The molecule has 0 bridgehead atoms. The van der Waals surface area contributed by atoms with E-state index < -0.39 is 70.3 Å². The highest BCUT2D eigenvalue weighted by atomic mass is 19.4. The molecule has 0 N–H and O–H groups in total. The Bertz CT molecular complexity index is 1670. The van der Waals surface area contributed by atoms with Gasteiger partial charge < -0.3 is 19.1 Å². The summed E-state index contributed by atoms with van der Waals surface area (Å²) in [4.78, 5) is 42.4. The lowest BCUT2D eigenvalue weighted by molar-refractivity contribution is -0.147. The number of cyclic esters (lactones) is 1. The number of hydrogen-bond donors (Lipinski definition) is 0. The van der Waals surface area contributed by atoms with Gasteiger partial charge in [0.1, 0.15) is 12.2 Å². The Morgan fingerprint density at radius 3 is 1.94 bits per heavy atom. The number of halogens is 6. The van der Waals surface area contributed by atoms with Gasteiger partial charge in [-0.1, -0.05) is 60.7 Å². The topological polar surface area (TPSA) is 85.4 Å². The molecule has 2 heterocycles. The zero-order chi connectivity index (χ0) is 37.2. The number of ether oxygens (including phenoxy) is 3. The molecular formula is C37H38F6N2O6. The number of nitrogens with zero attached hydrogens (tertiary/aromatic N) is 2. The van der Waals surface area contributed by atoms with Crippen molar-refractivity contribution in [3.63, 3.8) is 0 Å². The lowest BCUT2D eigenvalue weighted by atomic mass is 9.73. The SMILES string of the molecule is CC(C)(C)OC(=O)N1CCC(CO[C@@H](C(=O)N2C(=O)OC[C@@H]2Cc2ccccc2)c2cc(C(F)(F)F)cc(C(F)(F)F)c2)(c2ccccc2)CC1. The molecule has 0 unspecified atom stereocenters. The predicted molar refractivity (Wildman–Crippen MR) is 172 cm³/mol. The van der Waals surface area contributed by atoms with Gasteiger partial charge in [-0.25, -0.2) is 14.5 Å². The van der Waals surface area contributed by atoms with Crippen LogP contribution in [0.25, 0.3) is 0 Å². The first kappa shape index (κ1) is 37.7. The van der Waals surface area contributed by atoms with Gasteiger partial charge in [0.25, 0.3) is 5.91 Å². The normalized spacial score (nSPS) is 18.7. The monoisotopic (exact) mass is 720 g/mol. The van der Waals surface area contributed by atoms with Crippen molar-refractivity contribution < 1.29 is 54.9 Å². The highest BCUT2D eigenvalue weighted by Crippen LogP contribution is 2.41. The number of carbonyl (C=O) groups excluding carboxylic acids is 3. The Kier molecular flexibility index (Phi) is 10.8. The maximum Gasteiger partial charge on any atom is 0.417 e. The molecule has 2 saturated heterocycles. The first-order chi connectivity index (χ1) is 23.9. The number of carbonyl (C=O) groups is 3. The van der Waals surface area contributed by atoms with E-state index in [9.17, 15) is 40.7 Å². The van der Waals surface area contributed by atoms with Crippen LogP contribution in [0.15, 0.2) is 78.9 Å². The average molecular weight is 721 g/mol. The number of benzene rings is 3. The van der Waals surface area contributed by atoms with Gasteiger partial charge in [-0.2, -0.15) is 26.3 Å². The molecule has 0 aliphatic carbocycles. The van der Waals surface area contributed by atoms with Crippen molar-refractivity contribution in [2.24, 2.45) is 0 Å². The van der Waals surface area contributed by atoms with Crippen LogP contribution in [0.3, 0.4) is 0 Å². The lowest BCUT2D eigenvalue weighted by Crippen LogP contribution is -2.49. The van der Waals surface area contributed by atoms with Gasteiger partial charge in [0.2, 0.25) is 0 Å². The number of likely N-dealkylation sites (tertiary alicyclic amines) is 1. The van der Waals surface area contributed by atoms with Gasteiger partial charge in [-0.15, -0.1) is 0 Å². The lowest BCUT2D eigenvalue weighted by Gasteiger charge is -2.43. The number of imide groups is 1. The van der Waals surface area contributed by atoms with Crippen molar-refractivity contribution in [2.75, 3.05) is 26.3 Å². The van der Waals surface area contributed by atoms with Crippen LogP contribution >= 0.6 is 0 Å². The summed E-state index contributed by atoms with van der Waals surface area (Å²) in [7, 11) is 0. The van der Waals surface area contributed by atoms with Crippen LogP contribution in [0.2, 0.25) is 0 Å². The Hall–Kier alpha value is -4.59. The van der Waals surface area contributed by atoms with E-state index in [-0.39, 0.29) is 51.6 Å². The third-order valence-corrected chi connectivity index (χ3v) is 8.93. The minimum atomic E-state index is -5.20. The van der Waals surface area contributed by atoms with Crippen molar-refractivity contribution in [3.8, 4) is 0 Å². The average Bonchev–Trinajstić information content (AvgIpc) is 3.43. The van der Waals surface area contributed by atoms with Crippen LogP contribution in [-0.2, 0) is 43.2 Å². The second kappa shape index (κ2) is 14.6. The highest BCUT2D eigenvalue weighted by Gasteiger charge is 2.46. The smallest absolute Gasteiger partial charge is 0.417 e. The van der Waals surface area contributed by atoms with Crippen LogP contribution in [0.5, 0.6) is 0 Å². The second-order valence-electron chi connectivity index (χ2n) is 13.8. The van der Waals surface area contributed by atoms with Gasteiger partial charge in [0.05, 0.1) is 23.8 Å². The zero-order valence-corrected chi connectivity index (χ0v) is 28.2. The summed E-state index contributed by atoms with van der Waals surface area (Å²) < 4.78 is 101. The third-order valence-electron chi connectivity index (χ3n) is 8.93. The van der Waals surface area contributed by atoms with Crippen molar-refractivity contribution >= 4 is 18.1 Å². The molecule has 274 valence electrons. The summed E-state index contributed by atoms with van der Waals surface area (Å²) >= 11 is 0. The summed E-state index contributed by atoms with van der Waals surface area (Å²) in [5.41, 5.74) is -4.24. The fourth-order valence-electron chi connectivity index (χ4n) is 6.33. The Morgan fingerprint density at radius 2 is 1.41 bits per heavy atom. The number of piperidine rings is 1. The third kappa shape index (κ3) is 9.02. The van der Waals surface area contributed by atoms with Crippen molar-refractivity contribution in [1.29, 1.82) is 0 Å². The Balaban J connectivity index is 1.54. The molecule has 3 aromatic carbocycles. The van der Waals surface area contributed by atoms with Crippen LogP contribution in [0.1, 0.15) is 67.5 Å². The summed E-state index contributed by atoms with van der Waals surface area (Å²) in [5, 5.41) is 0. The largest absolute Gasteiger partial charge is 0.447 e. The van der Waals surface area contributed by atoms with Crippen LogP contribution in [0, 0.1) is 0 Å². The first-order valence-electron chi connectivity index (χ1n) is 16.3. The minimum absolute atomic E-state index is 0.0365. The quantitative estimate of drug-likeness (QED) is 0.218. The zero-order valence-electron chi connectivity index (χ0n) is 28.2. The number of hydrogen-bond acceptors (Lipinski definition) is 6. The number of alkyl halides is 6. The van der Waals surface area contributed by atoms with Gasteiger partial charge in [-0.05, 0) is 74.9 Å². The molecule has 3 aromatic rings. The van der Waals surface area contributed by atoms with Crippen molar-refractivity contribution in [1.82, 2.24) is 9.80 Å². The van der Waals surface area contributed by atoms with Crippen molar-refractivity contribution in [3.05, 3.63) is 107 Å². The van der Waals surface area contributed by atoms with E-state index in [4.69, 9.17) is 14.2 Å². The molecule has 2 aliphatic heterocycles. The van der Waals surface area contributed by atoms with Crippen molar-refractivity contribution in [2.45, 2.75) is 75.5 Å². The molecule has 0 radical (unpaired) electrons. The van der Waals surface area contributed by atoms with E-state index in [1.807, 2.05) is 0 Å². The van der Waals surface area contributed by atoms with E-state index >= 15 is 0 Å². The number of rotatable bonds is 8. The maximum absolute atomic E-state index is 14.3. The van der Waals surface area contributed by atoms with Gasteiger partial charge in [0.15, 0.2) is 6.10 Å². The molecule has 5 rings (SSSR count). The molecule has 0 aromatic heterocycles. The molecule has 3 amide bonds. The second-order valence-corrected chi connectivity index (χ2v) is 13.8. The predicted octanol–water partition coefficient (Wildman–Crippen LogP) is 8.34. The molecule has 14 heteroatoms. The van der Waals surface area contributed by atoms with Gasteiger partial charge in [0, 0.05) is 18.5 Å². The molecule has 2 aliphatic rings. The summed E-state index contributed by atoms with van der Waals surface area (Å²) in [6.45, 7) is 4.97. The van der Waals surface area contributed by atoms with Crippen LogP contribution < -0.4 is 0 Å². The highest BCUT2D eigenvalue weighted by molar-refractivity contribution is 5.96. The maximum atomic E-state index is 14.3. The fourth-order valence-corrected chi connectivity index (χ4v) is 6.33. The first-order valence-corrected chi connectivity index (χ1v) is 16.3. The molecule has 0 spiro atoms. The molecular weight excluding hydrogens is 682 g/mol. The summed E-state index contributed by atoms with van der Waals surface area (Å²) in [5.74, 6) is -1.17. The Labute approximate surface area is 291 Å². The van der Waals surface area contributed by atoms with E-state index in [2.05, 4.69) is 0 Å². The van der Waals surface area contributed by atoms with Gasteiger partial charge >= 0.3 is 24.5 Å². The van der Waals surface area contributed by atoms with Gasteiger partial charge in [-0.3, -0.25) is 4.79 Å². The molecule has 0 saturated carbocycles. The van der Waals surface area contributed by atoms with Crippen LogP contribution in [-0.4, -0.2) is 65.8 Å². The molecule has 8 nitrogen and oxygen atoms in total. The Morgan fingerprint density at radius 1 is 0.863 bits per heavy atom. The van der Waals surface area contributed by atoms with E-state index in [0.717, 1.165) is 5.56 Å². The molecule has 2 fully saturated rings. The van der Waals surface area contributed by atoms with E-state index in [0.29, 0.717) is 22.6 Å². The molecule has 51 heavy (non-hydrogen) atoms. The van der Waals surface area contributed by atoms with E-state index in [1.54, 1.807) is 81.4 Å². The fraction of sp³-hybridized carbons (Fsp3) is 0.432. The molecule has 2 atom stereocenters. The van der Waals surface area contributed by atoms with E-state index in [1.165, 1.54) is 4.90 Å². The number of amides is 3. The summed E-state index contributed by atoms with van der Waals surface area (Å²) in [6, 6.07) is 17.5.